The summed E-state index contributed by atoms with van der Waals surface area (Å²) in [5.41, 5.74) is 2.25. The van der Waals surface area contributed by atoms with Gasteiger partial charge in [-0.2, -0.15) is 0 Å². The van der Waals surface area contributed by atoms with Crippen molar-refractivity contribution in [3.05, 3.63) is 24.3 Å². The van der Waals surface area contributed by atoms with Gasteiger partial charge in [-0.3, -0.25) is 4.79 Å². The van der Waals surface area contributed by atoms with Crippen LogP contribution in [0.4, 0.5) is 0 Å². The summed E-state index contributed by atoms with van der Waals surface area (Å²) in [4.78, 5) is 14.6. The molecule has 1 spiro atoms. The first kappa shape index (κ1) is 50.1. The molecule has 10 rings (SSSR count). The zero-order valence-corrected chi connectivity index (χ0v) is 44.6. The Labute approximate surface area is 398 Å². The fourth-order valence-electron chi connectivity index (χ4n) is 12.4. The lowest BCUT2D eigenvalue weighted by Gasteiger charge is -2.47. The zero-order valence-electron chi connectivity index (χ0n) is 42.6. The van der Waals surface area contributed by atoms with Crippen molar-refractivity contribution in [2.45, 2.75) is 272 Å². The molecule has 14 heteroatoms. The van der Waals surface area contributed by atoms with Crippen molar-refractivity contribution in [1.82, 2.24) is 0 Å². The van der Waals surface area contributed by atoms with Gasteiger partial charge in [0.05, 0.1) is 73.8 Å². The van der Waals surface area contributed by atoms with Gasteiger partial charge in [0.2, 0.25) is 0 Å². The van der Waals surface area contributed by atoms with Crippen LogP contribution in [-0.4, -0.2) is 140 Å². The third-order valence-corrected chi connectivity index (χ3v) is 27.4. The van der Waals surface area contributed by atoms with Crippen molar-refractivity contribution in [2.24, 2.45) is 11.8 Å². The molecule has 0 aromatic heterocycles. The first-order valence-corrected chi connectivity index (χ1v) is 31.8. The van der Waals surface area contributed by atoms with Crippen LogP contribution in [0.1, 0.15) is 132 Å². The fraction of sp³-hybridized carbons (Fsp3) is 0.904. The van der Waals surface area contributed by atoms with Gasteiger partial charge in [-0.25, -0.2) is 0 Å². The number of ether oxygens (including phenoxy) is 9. The van der Waals surface area contributed by atoms with Crippen molar-refractivity contribution in [1.29, 1.82) is 0 Å². The number of ketones is 1. The van der Waals surface area contributed by atoms with Crippen LogP contribution in [0.2, 0.25) is 36.3 Å². The molecule has 0 aliphatic carbocycles. The monoisotopic (exact) mass is 959 g/mol. The molecule has 12 nitrogen and oxygen atoms in total. The van der Waals surface area contributed by atoms with Crippen molar-refractivity contribution in [2.75, 3.05) is 13.7 Å². The molecule has 10 saturated heterocycles. The van der Waals surface area contributed by atoms with Crippen LogP contribution in [0.15, 0.2) is 24.3 Å². The molecule has 10 fully saturated rings. The Morgan fingerprint density at radius 3 is 2.09 bits per heavy atom. The maximum Gasteiger partial charge on any atom is 0.192 e. The summed E-state index contributed by atoms with van der Waals surface area (Å²) in [5, 5.41) is 0.0634. The van der Waals surface area contributed by atoms with E-state index in [1.165, 1.54) is 0 Å². The third kappa shape index (κ3) is 9.87. The number of hydrogen-bond donors (Lipinski definition) is 0. The summed E-state index contributed by atoms with van der Waals surface area (Å²) in [6, 6.07) is 0. The molecular weight excluding hydrogens is 873 g/mol. The summed E-state index contributed by atoms with van der Waals surface area (Å²) in [6.45, 7) is 34.8. The second kappa shape index (κ2) is 18.6. The smallest absolute Gasteiger partial charge is 0.192 e. The molecule has 66 heavy (non-hydrogen) atoms. The van der Waals surface area contributed by atoms with E-state index in [0.29, 0.717) is 45.1 Å². The summed E-state index contributed by atoms with van der Waals surface area (Å²) in [5.74, 6) is -0.554. The summed E-state index contributed by atoms with van der Waals surface area (Å²) < 4.78 is 76.0. The minimum absolute atomic E-state index is 0.00884. The van der Waals surface area contributed by atoms with Crippen LogP contribution in [-0.2, 0) is 56.3 Å². The van der Waals surface area contributed by atoms with E-state index in [9.17, 15) is 4.79 Å². The van der Waals surface area contributed by atoms with E-state index in [2.05, 4.69) is 87.8 Å². The second-order valence-electron chi connectivity index (χ2n) is 25.1. The van der Waals surface area contributed by atoms with Crippen molar-refractivity contribution >= 4 is 22.4 Å². The number of fused-ring (bicyclic) bond motifs is 6. The number of hydrogen-bond acceptors (Lipinski definition) is 12. The Morgan fingerprint density at radius 2 is 1.36 bits per heavy atom. The van der Waals surface area contributed by atoms with E-state index in [1.807, 2.05) is 0 Å². The van der Waals surface area contributed by atoms with E-state index in [4.69, 9.17) is 51.5 Å². The van der Waals surface area contributed by atoms with Crippen LogP contribution in [0.3, 0.4) is 0 Å². The zero-order chi connectivity index (χ0) is 47.3. The van der Waals surface area contributed by atoms with Crippen molar-refractivity contribution in [3.63, 3.8) is 0 Å². The normalized spacial score (nSPS) is 44.9. The molecule has 374 valence electrons. The van der Waals surface area contributed by atoms with Crippen molar-refractivity contribution < 1.29 is 56.3 Å². The fourth-order valence-corrected chi connectivity index (χ4v) is 14.8. The Kier molecular flexibility index (Phi) is 14.1. The highest BCUT2D eigenvalue weighted by atomic mass is 28.4. The number of carbonyl (C=O) groups excluding carboxylic acids is 1. The van der Waals surface area contributed by atoms with Crippen LogP contribution in [0.25, 0.3) is 0 Å². The topological polar surface area (TPSA) is 119 Å². The lowest BCUT2D eigenvalue weighted by atomic mass is 9.81. The van der Waals surface area contributed by atoms with Crippen LogP contribution in [0.5, 0.6) is 0 Å². The minimum atomic E-state index is -2.22. The summed E-state index contributed by atoms with van der Waals surface area (Å²) >= 11 is 0. The highest BCUT2D eigenvalue weighted by molar-refractivity contribution is 6.74. The Bertz CT molecular complexity index is 1790. The molecular formula is C52H86O12Si2. The highest BCUT2D eigenvalue weighted by Gasteiger charge is 2.69. The standard InChI is InChI=1S/C52H86O12Si2/c1-29-21-33-15-17-38-30(2)22-35(56-38)19-20-52-27-43-46(62-52)47-48(61-43)49(63-52)45-39(60-47)18-16-34(58-45)23-32(53)24-37-41(26-40(57-33)31(29)3)59-42(44(37)54-10)25-36(64-66(13,14)51(7,8)9)28-55-65(11,12)50(4,5)6/h29,33-49H,2-3,15-28H2,1,4-14H3/t29-,33?,34-,35?,36+,37?,38?,39+,40?,41+,42-,43?,44-,45+,46+,47+,48-,49+,52+/m1/s1. The van der Waals surface area contributed by atoms with Crippen LogP contribution < -0.4 is 0 Å². The van der Waals surface area contributed by atoms with Gasteiger partial charge in [-0.05, 0) is 98.3 Å². The third-order valence-electron chi connectivity index (χ3n) is 18.4. The van der Waals surface area contributed by atoms with Gasteiger partial charge in [0.1, 0.15) is 36.3 Å². The van der Waals surface area contributed by atoms with Gasteiger partial charge >= 0.3 is 0 Å². The molecule has 0 amide bonds. The summed E-state index contributed by atoms with van der Waals surface area (Å²) in [7, 11) is -2.55. The maximum atomic E-state index is 14.6. The van der Waals surface area contributed by atoms with E-state index in [-0.39, 0.29) is 125 Å². The predicted octanol–water partition coefficient (Wildman–Crippen LogP) is 9.53. The number of Topliss-reactive ketones (excluding diaryl/α,β-unsaturated/α-hetero) is 1. The molecule has 0 radical (unpaired) electrons. The summed E-state index contributed by atoms with van der Waals surface area (Å²) in [6.07, 6.45) is 5.96. The van der Waals surface area contributed by atoms with Crippen LogP contribution >= 0.6 is 0 Å². The largest absolute Gasteiger partial charge is 0.414 e. The first-order chi connectivity index (χ1) is 30.9. The molecule has 0 aromatic carbocycles. The molecule has 0 aromatic rings. The Hall–Kier alpha value is -0.856. The predicted molar refractivity (Wildman–Crippen MR) is 256 cm³/mol. The van der Waals surface area contributed by atoms with Crippen molar-refractivity contribution in [3.8, 4) is 0 Å². The van der Waals surface area contributed by atoms with Crippen LogP contribution in [0, 0.1) is 11.8 Å². The van der Waals surface area contributed by atoms with Gasteiger partial charge in [0, 0.05) is 51.6 Å². The lowest BCUT2D eigenvalue weighted by molar-refractivity contribution is -0.292. The quantitative estimate of drug-likeness (QED) is 0.170. The molecule has 10 aliphatic rings. The second-order valence-corrected chi connectivity index (χ2v) is 34.7. The average Bonchev–Trinajstić information content (AvgIpc) is 3.90. The SMILES string of the molecule is C=C1CC2CC[C@@]34CC5O[C@H]6[C@@H](O3)[C@H]3O[C@H](CC[C@@H]3O[C@H]6[C@H]5O4)CC(=O)CC3[C@H](CC4OC(CCC1O2)C[C@@H](C)C4=C)O[C@H](C[C@@H](CO[Si](C)(C)C(C)(C)C)O[Si](C)(C)C(C)(C)C)[C@@H]3OC. The van der Waals surface area contributed by atoms with E-state index >= 15 is 0 Å². The minimum Gasteiger partial charge on any atom is -0.414 e. The van der Waals surface area contributed by atoms with Gasteiger partial charge in [-0.1, -0.05) is 61.6 Å². The van der Waals surface area contributed by atoms with E-state index < -0.39 is 22.4 Å². The Morgan fingerprint density at radius 1 is 0.697 bits per heavy atom. The number of methoxy groups -OCH3 is 1. The van der Waals surface area contributed by atoms with Gasteiger partial charge in [0.25, 0.3) is 0 Å². The average molecular weight is 959 g/mol. The molecule has 6 unspecified atom stereocenters. The molecule has 0 N–H and O–H groups in total. The van der Waals surface area contributed by atoms with Gasteiger partial charge in [-0.15, -0.1) is 0 Å². The lowest BCUT2D eigenvalue weighted by Crippen LogP contribution is -2.61. The Balaban J connectivity index is 0.993. The molecule has 19 atom stereocenters. The number of carbonyl (C=O) groups is 1. The molecule has 10 heterocycles. The number of rotatable bonds is 8. The van der Waals surface area contributed by atoms with E-state index in [0.717, 1.165) is 56.1 Å². The molecule has 10 aliphatic heterocycles. The maximum absolute atomic E-state index is 14.6. The first-order valence-electron chi connectivity index (χ1n) is 25.9. The molecule has 0 saturated carbocycles. The van der Waals surface area contributed by atoms with E-state index in [1.54, 1.807) is 7.11 Å². The highest BCUT2D eigenvalue weighted by Crippen LogP contribution is 2.55. The molecule has 12 bridgehead atoms. The van der Waals surface area contributed by atoms with Gasteiger partial charge < -0.3 is 51.5 Å². The van der Waals surface area contributed by atoms with Gasteiger partial charge in [0.15, 0.2) is 22.4 Å².